The van der Waals surface area contributed by atoms with Gasteiger partial charge in [0.2, 0.25) is 0 Å². The van der Waals surface area contributed by atoms with Crippen LogP contribution in [-0.4, -0.2) is 23.8 Å². The molecule has 1 aromatic heterocycles. The summed E-state index contributed by atoms with van der Waals surface area (Å²) in [5.74, 6) is 0.555. The van der Waals surface area contributed by atoms with Crippen LogP contribution in [0.5, 0.6) is 11.5 Å². The number of hydrazone groups is 1. The maximum Gasteiger partial charge on any atom is 0.307 e. The molecule has 0 aliphatic heterocycles. The first-order chi connectivity index (χ1) is 11.7. The smallest absolute Gasteiger partial charge is 0.307 e. The number of phenolic OH excluding ortho intramolecular Hbond substituents is 1. The first-order valence-corrected chi connectivity index (χ1v) is 7.44. The van der Waals surface area contributed by atoms with Gasteiger partial charge in [-0.05, 0) is 48.9 Å². The van der Waals surface area contributed by atoms with Crippen LogP contribution in [0.25, 0.3) is 11.0 Å². The number of nitrogens with one attached hydrogen (secondary N) is 1. The molecule has 0 fully saturated rings. The second-order valence-electron chi connectivity index (χ2n) is 5.04. The van der Waals surface area contributed by atoms with Gasteiger partial charge < -0.3 is 14.3 Å². The lowest BCUT2D eigenvalue weighted by Crippen LogP contribution is -2.16. The van der Waals surface area contributed by atoms with Crippen LogP contribution >= 0.6 is 0 Å². The van der Waals surface area contributed by atoms with Crippen LogP contribution < -0.4 is 10.2 Å². The highest BCUT2D eigenvalue weighted by Crippen LogP contribution is 2.24. The van der Waals surface area contributed by atoms with Crippen molar-refractivity contribution < 1.29 is 19.1 Å². The van der Waals surface area contributed by atoms with Gasteiger partial charge in [-0.3, -0.25) is 4.79 Å². The molecule has 6 heteroatoms. The summed E-state index contributed by atoms with van der Waals surface area (Å²) in [6.07, 6.45) is 1.44. The van der Waals surface area contributed by atoms with E-state index in [9.17, 15) is 9.90 Å². The Bertz CT molecular complexity index is 899. The molecule has 0 aliphatic carbocycles. The average Bonchev–Trinajstić information content (AvgIpc) is 2.98. The minimum atomic E-state index is -0.458. The summed E-state index contributed by atoms with van der Waals surface area (Å²) in [4.78, 5) is 12.1. The van der Waals surface area contributed by atoms with Crippen LogP contribution in [0.4, 0.5) is 0 Å². The van der Waals surface area contributed by atoms with Gasteiger partial charge in [0, 0.05) is 5.39 Å². The third-order valence-corrected chi connectivity index (χ3v) is 3.27. The first kappa shape index (κ1) is 15.6. The van der Waals surface area contributed by atoms with Gasteiger partial charge in [-0.15, -0.1) is 0 Å². The minimum absolute atomic E-state index is 0.132. The molecule has 6 nitrogen and oxygen atoms in total. The molecule has 0 aliphatic rings. The van der Waals surface area contributed by atoms with Crippen molar-refractivity contribution in [3.8, 4) is 11.5 Å². The van der Waals surface area contributed by atoms with Crippen molar-refractivity contribution >= 4 is 23.1 Å². The molecule has 0 saturated carbocycles. The van der Waals surface area contributed by atoms with E-state index in [2.05, 4.69) is 10.5 Å². The van der Waals surface area contributed by atoms with E-state index in [4.69, 9.17) is 9.15 Å². The molecule has 24 heavy (non-hydrogen) atoms. The zero-order valence-corrected chi connectivity index (χ0v) is 13.0. The minimum Gasteiger partial charge on any atom is -0.508 e. The predicted molar refractivity (Wildman–Crippen MR) is 90.6 cm³/mol. The van der Waals surface area contributed by atoms with E-state index in [1.807, 2.05) is 13.0 Å². The number of carbonyl (C=O) groups excluding carboxylic acids is 1. The molecule has 0 bridgehead atoms. The Labute approximate surface area is 138 Å². The summed E-state index contributed by atoms with van der Waals surface area (Å²) in [6, 6.07) is 13.5. The molecular weight excluding hydrogens is 308 g/mol. The summed E-state index contributed by atoms with van der Waals surface area (Å²) in [6.45, 7) is 2.48. The largest absolute Gasteiger partial charge is 0.508 e. The molecule has 2 N–H and O–H groups in total. The molecule has 0 radical (unpaired) electrons. The van der Waals surface area contributed by atoms with Gasteiger partial charge in [0.1, 0.15) is 17.1 Å². The maximum absolute atomic E-state index is 12.1. The zero-order valence-electron chi connectivity index (χ0n) is 13.0. The molecule has 1 heterocycles. The average molecular weight is 324 g/mol. The summed E-state index contributed by atoms with van der Waals surface area (Å²) in [5.41, 5.74) is 3.66. The predicted octanol–water partition coefficient (Wildman–Crippen LogP) is 3.30. The fraction of sp³-hybridized carbons (Fsp3) is 0.111. The van der Waals surface area contributed by atoms with E-state index < -0.39 is 5.91 Å². The third-order valence-electron chi connectivity index (χ3n) is 3.27. The highest BCUT2D eigenvalue weighted by Gasteiger charge is 2.12. The van der Waals surface area contributed by atoms with Gasteiger partial charge >= 0.3 is 5.91 Å². The summed E-state index contributed by atoms with van der Waals surface area (Å²) >= 11 is 0. The van der Waals surface area contributed by atoms with Crippen LogP contribution in [0.3, 0.4) is 0 Å². The monoisotopic (exact) mass is 324 g/mol. The lowest BCUT2D eigenvalue weighted by Gasteiger charge is -2.00. The van der Waals surface area contributed by atoms with E-state index in [1.54, 1.807) is 36.4 Å². The molecule has 3 rings (SSSR count). The summed E-state index contributed by atoms with van der Waals surface area (Å²) < 4.78 is 10.9. The normalized spacial score (nSPS) is 11.0. The molecule has 122 valence electrons. The van der Waals surface area contributed by atoms with E-state index in [0.29, 0.717) is 17.8 Å². The number of furan rings is 1. The van der Waals surface area contributed by atoms with Crippen LogP contribution in [0.1, 0.15) is 23.0 Å². The number of carbonyl (C=O) groups is 1. The maximum atomic E-state index is 12.1. The summed E-state index contributed by atoms with van der Waals surface area (Å²) in [5, 5.41) is 14.0. The fourth-order valence-corrected chi connectivity index (χ4v) is 2.22. The van der Waals surface area contributed by atoms with Gasteiger partial charge in [0.15, 0.2) is 5.76 Å². The van der Waals surface area contributed by atoms with E-state index in [-0.39, 0.29) is 11.5 Å². The number of aromatic hydroxyl groups is 1. The fourth-order valence-electron chi connectivity index (χ4n) is 2.22. The number of benzene rings is 2. The van der Waals surface area contributed by atoms with Crippen LogP contribution in [0.2, 0.25) is 0 Å². The van der Waals surface area contributed by atoms with Crippen molar-refractivity contribution in [1.29, 1.82) is 0 Å². The number of hydrogen-bond acceptors (Lipinski definition) is 5. The van der Waals surface area contributed by atoms with Crippen LogP contribution in [0.15, 0.2) is 58.0 Å². The molecule has 0 saturated heterocycles. The van der Waals surface area contributed by atoms with E-state index >= 15 is 0 Å². The van der Waals surface area contributed by atoms with E-state index in [1.165, 1.54) is 12.3 Å². The Hall–Kier alpha value is -3.28. The van der Waals surface area contributed by atoms with Crippen molar-refractivity contribution in [3.63, 3.8) is 0 Å². The highest BCUT2D eigenvalue weighted by molar-refractivity contribution is 5.96. The summed E-state index contributed by atoms with van der Waals surface area (Å²) in [7, 11) is 0. The standard InChI is InChI=1S/C18H16N2O4/c1-2-23-15-6-7-16-13(9-15)10-17(24-16)18(22)20-19-11-12-4-3-5-14(21)8-12/h3-11,21H,2H2,1H3,(H,20,22)/b19-11+. The van der Waals surface area contributed by atoms with Crippen molar-refractivity contribution in [3.05, 3.63) is 59.9 Å². The number of rotatable bonds is 5. The second-order valence-corrected chi connectivity index (χ2v) is 5.04. The van der Waals surface area contributed by atoms with Crippen molar-refractivity contribution in [2.75, 3.05) is 6.61 Å². The highest BCUT2D eigenvalue weighted by atomic mass is 16.5. The molecule has 0 spiro atoms. The second kappa shape index (κ2) is 6.87. The number of amides is 1. The van der Waals surface area contributed by atoms with Crippen molar-refractivity contribution in [2.45, 2.75) is 6.92 Å². The lowest BCUT2D eigenvalue weighted by atomic mass is 10.2. The Morgan fingerprint density at radius 1 is 1.29 bits per heavy atom. The van der Waals surface area contributed by atoms with Crippen molar-refractivity contribution in [2.24, 2.45) is 5.10 Å². The lowest BCUT2D eigenvalue weighted by molar-refractivity contribution is 0.0929. The number of phenols is 1. The quantitative estimate of drug-likeness (QED) is 0.557. The topological polar surface area (TPSA) is 84.1 Å². The van der Waals surface area contributed by atoms with Gasteiger partial charge in [-0.1, -0.05) is 12.1 Å². The molecule has 2 aromatic carbocycles. The van der Waals surface area contributed by atoms with Gasteiger partial charge in [-0.2, -0.15) is 5.10 Å². The number of hydrogen-bond donors (Lipinski definition) is 2. The SMILES string of the molecule is CCOc1ccc2oc(C(=O)N/N=C/c3cccc(O)c3)cc2c1. The Morgan fingerprint density at radius 3 is 2.96 bits per heavy atom. The third kappa shape index (κ3) is 3.55. The number of ether oxygens (including phenoxy) is 1. The molecular formula is C18H16N2O4. The Morgan fingerprint density at radius 2 is 2.17 bits per heavy atom. The number of nitrogens with zero attached hydrogens (tertiary/aromatic N) is 1. The molecule has 0 atom stereocenters. The molecule has 3 aromatic rings. The van der Waals surface area contributed by atoms with Crippen LogP contribution in [0, 0.1) is 0 Å². The Kier molecular flexibility index (Phi) is 4.47. The first-order valence-electron chi connectivity index (χ1n) is 7.44. The number of fused-ring (bicyclic) bond motifs is 1. The van der Waals surface area contributed by atoms with Gasteiger partial charge in [0.05, 0.1) is 12.8 Å². The Balaban J connectivity index is 1.71. The van der Waals surface area contributed by atoms with E-state index in [0.717, 1.165) is 11.1 Å². The molecule has 0 unspecified atom stereocenters. The zero-order chi connectivity index (χ0) is 16.9. The van der Waals surface area contributed by atoms with Gasteiger partial charge in [0.25, 0.3) is 0 Å². The van der Waals surface area contributed by atoms with Gasteiger partial charge in [-0.25, -0.2) is 5.43 Å². The van der Waals surface area contributed by atoms with Crippen LogP contribution in [-0.2, 0) is 0 Å². The molecule has 1 amide bonds. The van der Waals surface area contributed by atoms with Crippen molar-refractivity contribution in [1.82, 2.24) is 5.43 Å².